The van der Waals surface area contributed by atoms with Gasteiger partial charge in [0.25, 0.3) is 5.69 Å². The summed E-state index contributed by atoms with van der Waals surface area (Å²) in [6, 6.07) is 11.0. The van der Waals surface area contributed by atoms with E-state index in [0.717, 1.165) is 0 Å². The van der Waals surface area contributed by atoms with Gasteiger partial charge < -0.3 is 14.2 Å². The Hall–Kier alpha value is -4.01. The first-order valence-electron chi connectivity index (χ1n) is 8.98. The van der Waals surface area contributed by atoms with Crippen molar-refractivity contribution in [3.05, 3.63) is 75.3 Å². The van der Waals surface area contributed by atoms with Crippen molar-refractivity contribution in [1.29, 1.82) is 0 Å². The van der Waals surface area contributed by atoms with Gasteiger partial charge in [0, 0.05) is 12.1 Å². The molecular weight excluding hydrogens is 394 g/mol. The summed E-state index contributed by atoms with van der Waals surface area (Å²) in [7, 11) is 0. The molecule has 0 saturated heterocycles. The zero-order valence-corrected chi connectivity index (χ0v) is 16.3. The van der Waals surface area contributed by atoms with Crippen LogP contribution in [0.25, 0.3) is 6.08 Å². The minimum Gasteiger partial charge on any atom is -0.462 e. The Morgan fingerprint density at radius 2 is 1.43 bits per heavy atom. The molecule has 9 nitrogen and oxygen atoms in total. The van der Waals surface area contributed by atoms with Gasteiger partial charge >= 0.3 is 17.9 Å². The molecule has 0 unspecified atom stereocenters. The van der Waals surface area contributed by atoms with Crippen LogP contribution < -0.4 is 4.74 Å². The number of esters is 3. The Morgan fingerprint density at radius 1 is 0.900 bits per heavy atom. The molecule has 9 heteroatoms. The lowest BCUT2D eigenvalue weighted by Crippen LogP contribution is -2.18. The number of nitrogens with zero attached hydrogens (tertiary/aromatic N) is 1. The highest BCUT2D eigenvalue weighted by atomic mass is 16.6. The maximum Gasteiger partial charge on any atom is 0.345 e. The minimum absolute atomic E-state index is 0.100. The quantitative estimate of drug-likeness (QED) is 0.123. The lowest BCUT2D eigenvalue weighted by molar-refractivity contribution is -0.384. The van der Waals surface area contributed by atoms with Gasteiger partial charge in [0.1, 0.15) is 11.3 Å². The van der Waals surface area contributed by atoms with Gasteiger partial charge in [-0.25, -0.2) is 14.4 Å². The largest absolute Gasteiger partial charge is 0.462 e. The van der Waals surface area contributed by atoms with Crippen molar-refractivity contribution in [3.8, 4) is 5.75 Å². The Balaban J connectivity index is 2.16. The summed E-state index contributed by atoms with van der Waals surface area (Å²) in [5.41, 5.74) is 0.294. The summed E-state index contributed by atoms with van der Waals surface area (Å²) < 4.78 is 14.9. The van der Waals surface area contributed by atoms with Crippen molar-refractivity contribution >= 4 is 29.7 Å². The fourth-order valence-corrected chi connectivity index (χ4v) is 2.30. The average molecular weight is 413 g/mol. The van der Waals surface area contributed by atoms with E-state index in [1.54, 1.807) is 13.8 Å². The van der Waals surface area contributed by atoms with Crippen LogP contribution in [-0.2, 0) is 19.1 Å². The van der Waals surface area contributed by atoms with E-state index in [2.05, 4.69) is 0 Å². The number of carbonyl (C=O) groups excluding carboxylic acids is 3. The van der Waals surface area contributed by atoms with Crippen molar-refractivity contribution in [2.75, 3.05) is 13.2 Å². The van der Waals surface area contributed by atoms with Crippen molar-refractivity contribution in [2.45, 2.75) is 13.8 Å². The first-order chi connectivity index (χ1) is 14.3. The molecule has 0 saturated carbocycles. The van der Waals surface area contributed by atoms with Gasteiger partial charge in [-0.05, 0) is 49.8 Å². The van der Waals surface area contributed by atoms with E-state index in [4.69, 9.17) is 14.2 Å². The van der Waals surface area contributed by atoms with Gasteiger partial charge in [0.2, 0.25) is 0 Å². The molecule has 0 N–H and O–H groups in total. The molecule has 2 rings (SSSR count). The maximum absolute atomic E-state index is 12.2. The molecule has 0 heterocycles. The lowest BCUT2D eigenvalue weighted by atomic mass is 10.1. The second kappa shape index (κ2) is 10.5. The van der Waals surface area contributed by atoms with E-state index in [0.29, 0.717) is 5.56 Å². The molecule has 0 amide bonds. The topological polar surface area (TPSA) is 122 Å². The van der Waals surface area contributed by atoms with Gasteiger partial charge in [-0.3, -0.25) is 10.1 Å². The highest BCUT2D eigenvalue weighted by Gasteiger charge is 2.21. The van der Waals surface area contributed by atoms with Crippen LogP contribution >= 0.6 is 0 Å². The van der Waals surface area contributed by atoms with Crippen molar-refractivity contribution in [2.24, 2.45) is 0 Å². The molecule has 0 atom stereocenters. The number of non-ortho nitro benzene ring substituents is 1. The second-order valence-corrected chi connectivity index (χ2v) is 5.76. The molecule has 2 aromatic carbocycles. The zero-order chi connectivity index (χ0) is 22.1. The van der Waals surface area contributed by atoms with Crippen LogP contribution in [0.3, 0.4) is 0 Å². The number of benzene rings is 2. The van der Waals surface area contributed by atoms with Crippen LogP contribution in [0, 0.1) is 10.1 Å². The summed E-state index contributed by atoms with van der Waals surface area (Å²) >= 11 is 0. The highest BCUT2D eigenvalue weighted by molar-refractivity contribution is 6.17. The summed E-state index contributed by atoms with van der Waals surface area (Å²) in [6.45, 7) is 3.43. The highest BCUT2D eigenvalue weighted by Crippen LogP contribution is 2.19. The van der Waals surface area contributed by atoms with Gasteiger partial charge in [0.05, 0.1) is 23.7 Å². The van der Waals surface area contributed by atoms with Gasteiger partial charge in [-0.2, -0.15) is 0 Å². The van der Waals surface area contributed by atoms with E-state index in [-0.39, 0.29) is 35.8 Å². The molecule has 30 heavy (non-hydrogen) atoms. The molecule has 0 spiro atoms. The van der Waals surface area contributed by atoms with Crippen molar-refractivity contribution in [1.82, 2.24) is 0 Å². The van der Waals surface area contributed by atoms with Crippen LogP contribution in [-0.4, -0.2) is 36.0 Å². The van der Waals surface area contributed by atoms with E-state index < -0.39 is 22.8 Å². The summed E-state index contributed by atoms with van der Waals surface area (Å²) in [6.07, 6.45) is 1.31. The standard InChI is InChI=1S/C21H19NO8/c1-3-28-20(24)18(21(25)29-4-2)13-14-5-7-15(8-6-14)19(23)30-17-11-9-16(10-12-17)22(26)27/h5-13H,3-4H2,1-2H3. The molecule has 0 aliphatic carbocycles. The van der Waals surface area contributed by atoms with E-state index in [1.807, 2.05) is 0 Å². The Kier molecular flexibility index (Phi) is 7.81. The molecule has 0 fully saturated rings. The minimum atomic E-state index is -0.808. The monoisotopic (exact) mass is 413 g/mol. The SMILES string of the molecule is CCOC(=O)C(=Cc1ccc(C(=O)Oc2ccc([N+](=O)[O-])cc2)cc1)C(=O)OCC. The Labute approximate surface area is 172 Å². The average Bonchev–Trinajstić information content (AvgIpc) is 2.73. The number of nitro benzene ring substituents is 1. The summed E-state index contributed by atoms with van der Waals surface area (Å²) in [4.78, 5) is 46.3. The number of hydrogen-bond donors (Lipinski definition) is 0. The summed E-state index contributed by atoms with van der Waals surface area (Å²) in [5.74, 6) is -2.13. The molecule has 2 aromatic rings. The number of rotatable bonds is 8. The molecule has 0 bridgehead atoms. The van der Waals surface area contributed by atoms with Gasteiger partial charge in [-0.15, -0.1) is 0 Å². The molecule has 0 aromatic heterocycles. The normalized spacial score (nSPS) is 9.93. The van der Waals surface area contributed by atoms with Crippen molar-refractivity contribution in [3.63, 3.8) is 0 Å². The lowest BCUT2D eigenvalue weighted by Gasteiger charge is -2.07. The fourth-order valence-electron chi connectivity index (χ4n) is 2.30. The van der Waals surface area contributed by atoms with Gasteiger partial charge in [-0.1, -0.05) is 12.1 Å². The van der Waals surface area contributed by atoms with Crippen LogP contribution in [0.4, 0.5) is 5.69 Å². The molecule has 156 valence electrons. The summed E-state index contributed by atoms with van der Waals surface area (Å²) in [5, 5.41) is 10.7. The molecular formula is C21H19NO8. The third kappa shape index (κ3) is 5.99. The number of carbonyl (C=O) groups is 3. The van der Waals surface area contributed by atoms with E-state index >= 15 is 0 Å². The number of nitro groups is 1. The number of ether oxygens (including phenoxy) is 3. The van der Waals surface area contributed by atoms with E-state index in [9.17, 15) is 24.5 Å². The molecule has 0 aliphatic rings. The van der Waals surface area contributed by atoms with Crippen LogP contribution in [0.5, 0.6) is 5.75 Å². The second-order valence-electron chi connectivity index (χ2n) is 5.76. The molecule has 0 radical (unpaired) electrons. The number of hydrogen-bond acceptors (Lipinski definition) is 8. The molecule has 0 aliphatic heterocycles. The van der Waals surface area contributed by atoms with Crippen LogP contribution in [0.2, 0.25) is 0 Å². The van der Waals surface area contributed by atoms with E-state index in [1.165, 1.54) is 54.6 Å². The van der Waals surface area contributed by atoms with Crippen LogP contribution in [0.15, 0.2) is 54.1 Å². The first kappa shape index (κ1) is 22.3. The van der Waals surface area contributed by atoms with Crippen LogP contribution in [0.1, 0.15) is 29.8 Å². The third-order valence-electron chi connectivity index (χ3n) is 3.71. The predicted octanol–water partition coefficient (Wildman–Crippen LogP) is 3.32. The Bertz CT molecular complexity index is 942. The predicted molar refractivity (Wildman–Crippen MR) is 106 cm³/mol. The van der Waals surface area contributed by atoms with Gasteiger partial charge in [0.15, 0.2) is 0 Å². The van der Waals surface area contributed by atoms with Crippen molar-refractivity contribution < 1.29 is 33.5 Å². The Morgan fingerprint density at radius 3 is 1.90 bits per heavy atom. The smallest absolute Gasteiger partial charge is 0.345 e. The maximum atomic E-state index is 12.2. The first-order valence-corrected chi connectivity index (χ1v) is 8.98. The zero-order valence-electron chi connectivity index (χ0n) is 16.3. The fraction of sp³-hybridized carbons (Fsp3) is 0.190. The third-order valence-corrected chi connectivity index (χ3v) is 3.71.